The summed E-state index contributed by atoms with van der Waals surface area (Å²) in [5.41, 5.74) is 2.48. The van der Waals surface area contributed by atoms with Crippen molar-refractivity contribution in [2.45, 2.75) is 155 Å². The van der Waals surface area contributed by atoms with Crippen molar-refractivity contribution in [2.24, 2.45) is 0 Å². The first kappa shape index (κ1) is 38.6. The second kappa shape index (κ2) is 27.7. The maximum Gasteiger partial charge on any atom is 0.120 e. The Morgan fingerprint density at radius 2 is 1.11 bits per heavy atom. The highest BCUT2D eigenvalue weighted by Crippen LogP contribution is 2.21. The monoisotopic (exact) mass is 611 g/mol. The highest BCUT2D eigenvalue weighted by Gasteiger charge is 2.15. The van der Waals surface area contributed by atoms with Crippen LogP contribution >= 0.6 is 0 Å². The Morgan fingerprint density at radius 3 is 1.66 bits per heavy atom. The van der Waals surface area contributed by atoms with Gasteiger partial charge in [-0.2, -0.15) is 0 Å². The minimum Gasteiger partial charge on any atom is -0.494 e. The zero-order valence-corrected chi connectivity index (χ0v) is 29.2. The third kappa shape index (κ3) is 20.5. The van der Waals surface area contributed by atoms with Gasteiger partial charge >= 0.3 is 0 Å². The molecule has 0 aliphatic carbocycles. The molecule has 2 rings (SSSR count). The van der Waals surface area contributed by atoms with Crippen LogP contribution < -0.4 is 4.74 Å². The first-order valence-corrected chi connectivity index (χ1v) is 19.1. The largest absolute Gasteiger partial charge is 0.494 e. The van der Waals surface area contributed by atoms with Crippen molar-refractivity contribution in [1.82, 2.24) is 9.80 Å². The van der Waals surface area contributed by atoms with Crippen molar-refractivity contribution in [1.29, 1.82) is 0 Å². The number of nitrogens with zero attached hydrogens (tertiary/aromatic N) is 2. The molecule has 0 spiro atoms. The number of benzene rings is 1. The van der Waals surface area contributed by atoms with Gasteiger partial charge in [0, 0.05) is 38.3 Å². The molecule has 44 heavy (non-hydrogen) atoms. The third-order valence-electron chi connectivity index (χ3n) is 9.22. The molecule has 0 bridgehead atoms. The van der Waals surface area contributed by atoms with Crippen LogP contribution in [0.5, 0.6) is 5.75 Å². The van der Waals surface area contributed by atoms with Gasteiger partial charge in [-0.3, -0.25) is 9.80 Å². The van der Waals surface area contributed by atoms with Gasteiger partial charge in [0.15, 0.2) is 0 Å². The molecule has 1 N–H and O–H groups in total. The lowest BCUT2D eigenvalue weighted by atomic mass is 10.0. The van der Waals surface area contributed by atoms with Crippen LogP contribution in [-0.2, 0) is 6.42 Å². The first-order chi connectivity index (χ1) is 21.7. The lowest BCUT2D eigenvalue weighted by Crippen LogP contribution is -2.47. The van der Waals surface area contributed by atoms with E-state index in [1.165, 1.54) is 134 Å². The van der Waals surface area contributed by atoms with Crippen LogP contribution in [0.25, 0.3) is 0 Å². The summed E-state index contributed by atoms with van der Waals surface area (Å²) in [7, 11) is 0. The standard InChI is InChI=1S/C40H70N2O2/c1-3-5-7-9-11-13-14-15-16-17-18-20-22-25-38-35-39(26-24-27-41-28-30-42(31-29-41)32-33-43)37-40(36-38)44-34-23-21-19-12-10-8-6-4-2/h35-37,43H,3-23,25,27-34H2,1-2H3. The Labute approximate surface area is 273 Å². The molecule has 252 valence electrons. The SMILES string of the molecule is CCCCCCCCCCCCCCCc1cc(C#CCN2CCN(CCO)CC2)cc(OCCCCCCCCCC)c1. The molecule has 0 unspecified atom stereocenters. The minimum atomic E-state index is 0.249. The summed E-state index contributed by atoms with van der Waals surface area (Å²) in [6, 6.07) is 6.73. The van der Waals surface area contributed by atoms with Gasteiger partial charge in [0.1, 0.15) is 5.75 Å². The predicted octanol–water partition coefficient (Wildman–Crippen LogP) is 9.80. The molecule has 0 aromatic heterocycles. The molecule has 4 heteroatoms. The van der Waals surface area contributed by atoms with E-state index in [-0.39, 0.29) is 6.61 Å². The van der Waals surface area contributed by atoms with Gasteiger partial charge in [0.2, 0.25) is 0 Å². The Hall–Kier alpha value is -1.54. The summed E-state index contributed by atoms with van der Waals surface area (Å²) in [6.45, 7) is 11.3. The molecule has 0 atom stereocenters. The summed E-state index contributed by atoms with van der Waals surface area (Å²) in [5.74, 6) is 7.92. The predicted molar refractivity (Wildman–Crippen MR) is 191 cm³/mol. The van der Waals surface area contributed by atoms with Crippen LogP contribution in [0, 0.1) is 11.8 Å². The van der Waals surface area contributed by atoms with Gasteiger partial charge in [0.25, 0.3) is 0 Å². The molecule has 4 nitrogen and oxygen atoms in total. The first-order valence-electron chi connectivity index (χ1n) is 19.1. The highest BCUT2D eigenvalue weighted by molar-refractivity contribution is 5.43. The molecule has 0 amide bonds. The van der Waals surface area contributed by atoms with Gasteiger partial charge in [-0.1, -0.05) is 148 Å². The third-order valence-corrected chi connectivity index (χ3v) is 9.22. The van der Waals surface area contributed by atoms with Crippen LogP contribution in [0.15, 0.2) is 18.2 Å². The number of aliphatic hydroxyl groups excluding tert-OH is 1. The molecule has 0 saturated carbocycles. The zero-order valence-electron chi connectivity index (χ0n) is 29.2. The van der Waals surface area contributed by atoms with Crippen molar-refractivity contribution in [2.75, 3.05) is 52.5 Å². The summed E-state index contributed by atoms with van der Waals surface area (Å²) in [5, 5.41) is 9.19. The number of hydrogen-bond donors (Lipinski definition) is 1. The van der Waals surface area contributed by atoms with Crippen molar-refractivity contribution in [3.05, 3.63) is 29.3 Å². The molecule has 1 fully saturated rings. The Kier molecular flexibility index (Phi) is 24.4. The molecule has 1 aromatic rings. The zero-order chi connectivity index (χ0) is 31.3. The van der Waals surface area contributed by atoms with Gasteiger partial charge in [-0.05, 0) is 43.0 Å². The van der Waals surface area contributed by atoms with Gasteiger partial charge in [-0.15, -0.1) is 0 Å². The van der Waals surface area contributed by atoms with E-state index in [1.54, 1.807) is 0 Å². The van der Waals surface area contributed by atoms with E-state index in [0.29, 0.717) is 0 Å². The molecular formula is C40H70N2O2. The smallest absolute Gasteiger partial charge is 0.120 e. The van der Waals surface area contributed by atoms with Crippen molar-refractivity contribution < 1.29 is 9.84 Å². The molecule has 1 saturated heterocycles. The van der Waals surface area contributed by atoms with E-state index < -0.39 is 0 Å². The van der Waals surface area contributed by atoms with Crippen molar-refractivity contribution >= 4 is 0 Å². The van der Waals surface area contributed by atoms with E-state index in [4.69, 9.17) is 4.74 Å². The molecule has 1 aliphatic heterocycles. The maximum absolute atomic E-state index is 9.19. The van der Waals surface area contributed by atoms with E-state index >= 15 is 0 Å². The number of β-amino-alcohol motifs (C(OH)–C–C–N with tert-alkyl or cyclic N) is 1. The maximum atomic E-state index is 9.19. The lowest BCUT2D eigenvalue weighted by Gasteiger charge is -2.33. The summed E-state index contributed by atoms with van der Waals surface area (Å²) in [6.07, 6.45) is 29.8. The molecule has 0 radical (unpaired) electrons. The van der Waals surface area contributed by atoms with Gasteiger partial charge < -0.3 is 9.84 Å². The average molecular weight is 611 g/mol. The number of aliphatic hydroxyl groups is 1. The topological polar surface area (TPSA) is 35.9 Å². The van der Waals surface area contributed by atoms with E-state index in [2.05, 4.69) is 53.7 Å². The van der Waals surface area contributed by atoms with E-state index in [9.17, 15) is 5.11 Å². The van der Waals surface area contributed by atoms with E-state index in [1.807, 2.05) is 0 Å². The van der Waals surface area contributed by atoms with Crippen LogP contribution in [-0.4, -0.2) is 67.4 Å². The normalized spacial score (nSPS) is 14.1. The quantitative estimate of drug-likeness (QED) is 0.0794. The molecule has 1 aliphatic rings. The van der Waals surface area contributed by atoms with Gasteiger partial charge in [0.05, 0.1) is 19.8 Å². The van der Waals surface area contributed by atoms with Crippen LogP contribution in [0.1, 0.15) is 160 Å². The Morgan fingerprint density at radius 1 is 0.614 bits per heavy atom. The van der Waals surface area contributed by atoms with Gasteiger partial charge in [-0.25, -0.2) is 0 Å². The number of piperazine rings is 1. The molecule has 1 aromatic carbocycles. The van der Waals surface area contributed by atoms with Crippen LogP contribution in [0.3, 0.4) is 0 Å². The molecule has 1 heterocycles. The Bertz CT molecular complexity index is 853. The van der Waals surface area contributed by atoms with Crippen molar-refractivity contribution in [3.63, 3.8) is 0 Å². The average Bonchev–Trinajstić information content (AvgIpc) is 3.03. The number of aryl methyl sites for hydroxylation is 1. The summed E-state index contributed by atoms with van der Waals surface area (Å²) >= 11 is 0. The number of hydrogen-bond acceptors (Lipinski definition) is 4. The second-order valence-corrected chi connectivity index (χ2v) is 13.3. The van der Waals surface area contributed by atoms with Crippen LogP contribution in [0.2, 0.25) is 0 Å². The van der Waals surface area contributed by atoms with Crippen molar-refractivity contribution in [3.8, 4) is 17.6 Å². The summed E-state index contributed by atoms with van der Waals surface area (Å²) < 4.78 is 6.28. The fraction of sp³-hybridized carbons (Fsp3) is 0.800. The number of ether oxygens (including phenoxy) is 1. The lowest BCUT2D eigenvalue weighted by molar-refractivity contribution is 0.121. The number of rotatable bonds is 27. The fourth-order valence-corrected chi connectivity index (χ4v) is 6.30. The Balaban J connectivity index is 1.73. The van der Waals surface area contributed by atoms with Crippen LogP contribution in [0.4, 0.5) is 0 Å². The highest BCUT2D eigenvalue weighted by atomic mass is 16.5. The second-order valence-electron chi connectivity index (χ2n) is 13.3. The number of unbranched alkanes of at least 4 members (excludes halogenated alkanes) is 19. The minimum absolute atomic E-state index is 0.249. The summed E-state index contributed by atoms with van der Waals surface area (Å²) in [4.78, 5) is 4.76. The molecular weight excluding hydrogens is 540 g/mol. The van der Waals surface area contributed by atoms with E-state index in [0.717, 1.165) is 70.0 Å². The fourth-order valence-electron chi connectivity index (χ4n) is 6.30.